The fourth-order valence-electron chi connectivity index (χ4n) is 3.38. The van der Waals surface area contributed by atoms with E-state index < -0.39 is 0 Å². The van der Waals surface area contributed by atoms with Gasteiger partial charge in [0.25, 0.3) is 0 Å². The Bertz CT molecular complexity index is 817. The molecular weight excluding hydrogens is 366 g/mol. The van der Waals surface area contributed by atoms with Crippen LogP contribution in [0.3, 0.4) is 0 Å². The molecule has 2 N–H and O–H groups in total. The number of nitrogens with zero attached hydrogens (tertiary/aromatic N) is 3. The summed E-state index contributed by atoms with van der Waals surface area (Å²) in [6.07, 6.45) is 3.29. The number of benzene rings is 1. The number of rotatable bonds is 5. The standard InChI is InChI=1S/C22H29N5O2/c1-3-23-21(26-19-10-13-27(14-11-19)22(28)29-2)25-16-17-7-6-8-18(15-17)20-9-4-5-12-24-20/h4-9,12,15,19H,3,10-11,13-14,16H2,1-2H3,(H2,23,25,26). The summed E-state index contributed by atoms with van der Waals surface area (Å²) in [5.41, 5.74) is 3.18. The highest BCUT2D eigenvalue weighted by atomic mass is 16.5. The van der Waals surface area contributed by atoms with Crippen LogP contribution in [0.4, 0.5) is 4.79 Å². The Hall–Kier alpha value is -3.09. The summed E-state index contributed by atoms with van der Waals surface area (Å²) in [6, 6.07) is 14.5. The Morgan fingerprint density at radius 1 is 1.24 bits per heavy atom. The lowest BCUT2D eigenvalue weighted by molar-refractivity contribution is 0.111. The van der Waals surface area contributed by atoms with Gasteiger partial charge in [0.1, 0.15) is 0 Å². The molecule has 2 heterocycles. The first-order valence-corrected chi connectivity index (χ1v) is 10.1. The van der Waals surface area contributed by atoms with Crippen molar-refractivity contribution < 1.29 is 9.53 Å². The molecule has 29 heavy (non-hydrogen) atoms. The lowest BCUT2D eigenvalue weighted by atomic mass is 10.1. The second-order valence-electron chi connectivity index (χ2n) is 6.99. The molecule has 1 aromatic heterocycles. The maximum Gasteiger partial charge on any atom is 0.409 e. The summed E-state index contributed by atoms with van der Waals surface area (Å²) in [4.78, 5) is 22.5. The van der Waals surface area contributed by atoms with Crippen molar-refractivity contribution in [2.45, 2.75) is 32.4 Å². The molecular formula is C22H29N5O2. The van der Waals surface area contributed by atoms with Crippen molar-refractivity contribution in [2.75, 3.05) is 26.7 Å². The molecule has 0 aliphatic carbocycles. The van der Waals surface area contributed by atoms with Gasteiger partial charge in [-0.05, 0) is 43.5 Å². The maximum absolute atomic E-state index is 11.6. The Labute approximate surface area is 172 Å². The van der Waals surface area contributed by atoms with Crippen LogP contribution in [0.15, 0.2) is 53.7 Å². The molecule has 0 unspecified atom stereocenters. The summed E-state index contributed by atoms with van der Waals surface area (Å²) in [6.45, 7) is 4.81. The molecule has 1 saturated heterocycles. The van der Waals surface area contributed by atoms with Crippen molar-refractivity contribution >= 4 is 12.1 Å². The van der Waals surface area contributed by atoms with Crippen LogP contribution in [0.25, 0.3) is 11.3 Å². The molecule has 2 aromatic rings. The SMILES string of the molecule is CCNC(=NCc1cccc(-c2ccccn2)c1)NC1CCN(C(=O)OC)CC1. The molecule has 1 aromatic carbocycles. The van der Waals surface area contributed by atoms with E-state index in [4.69, 9.17) is 9.73 Å². The van der Waals surface area contributed by atoms with E-state index >= 15 is 0 Å². The third-order valence-electron chi connectivity index (χ3n) is 4.92. The second kappa shape index (κ2) is 10.5. The van der Waals surface area contributed by atoms with Gasteiger partial charge in [-0.25, -0.2) is 9.79 Å². The zero-order valence-electron chi connectivity index (χ0n) is 17.1. The van der Waals surface area contributed by atoms with Crippen molar-refractivity contribution in [3.63, 3.8) is 0 Å². The first-order valence-electron chi connectivity index (χ1n) is 10.1. The number of likely N-dealkylation sites (tertiary alicyclic amines) is 1. The van der Waals surface area contributed by atoms with E-state index in [2.05, 4.69) is 40.7 Å². The summed E-state index contributed by atoms with van der Waals surface area (Å²) >= 11 is 0. The summed E-state index contributed by atoms with van der Waals surface area (Å²) < 4.78 is 4.80. The minimum absolute atomic E-state index is 0.253. The topological polar surface area (TPSA) is 78.9 Å². The number of ether oxygens (including phenoxy) is 1. The van der Waals surface area contributed by atoms with Crippen LogP contribution in [0.2, 0.25) is 0 Å². The van der Waals surface area contributed by atoms with E-state index in [1.807, 2.05) is 24.3 Å². The van der Waals surface area contributed by atoms with Crippen molar-refractivity contribution in [3.8, 4) is 11.3 Å². The van der Waals surface area contributed by atoms with E-state index in [0.29, 0.717) is 19.6 Å². The quantitative estimate of drug-likeness (QED) is 0.601. The van der Waals surface area contributed by atoms with Crippen LogP contribution in [-0.2, 0) is 11.3 Å². The number of amides is 1. The molecule has 7 heteroatoms. The number of carbonyl (C=O) groups excluding carboxylic acids is 1. The van der Waals surface area contributed by atoms with Crippen LogP contribution in [-0.4, -0.2) is 54.7 Å². The van der Waals surface area contributed by atoms with Gasteiger partial charge in [-0.3, -0.25) is 4.98 Å². The summed E-state index contributed by atoms with van der Waals surface area (Å²) in [5.74, 6) is 0.798. The average molecular weight is 396 g/mol. The number of aromatic nitrogens is 1. The summed E-state index contributed by atoms with van der Waals surface area (Å²) in [5, 5.41) is 6.81. The average Bonchev–Trinajstić information content (AvgIpc) is 2.78. The largest absolute Gasteiger partial charge is 0.453 e. The highest BCUT2D eigenvalue weighted by molar-refractivity contribution is 5.80. The van der Waals surface area contributed by atoms with Gasteiger partial charge < -0.3 is 20.3 Å². The number of hydrogen-bond acceptors (Lipinski definition) is 4. The first kappa shape index (κ1) is 20.6. The Morgan fingerprint density at radius 2 is 2.07 bits per heavy atom. The maximum atomic E-state index is 11.6. The number of guanidine groups is 1. The number of nitrogens with one attached hydrogen (secondary N) is 2. The number of piperidine rings is 1. The fraction of sp³-hybridized carbons (Fsp3) is 0.409. The van der Waals surface area contributed by atoms with Crippen LogP contribution < -0.4 is 10.6 Å². The minimum Gasteiger partial charge on any atom is -0.453 e. The molecule has 0 saturated carbocycles. The van der Waals surface area contributed by atoms with Gasteiger partial charge in [0.2, 0.25) is 0 Å². The number of methoxy groups -OCH3 is 1. The zero-order valence-corrected chi connectivity index (χ0v) is 17.1. The van der Waals surface area contributed by atoms with Crippen LogP contribution in [0.5, 0.6) is 0 Å². The van der Waals surface area contributed by atoms with Gasteiger partial charge in [0.15, 0.2) is 5.96 Å². The predicted octanol–water partition coefficient (Wildman–Crippen LogP) is 3.03. The van der Waals surface area contributed by atoms with E-state index in [1.165, 1.54) is 7.11 Å². The van der Waals surface area contributed by atoms with Gasteiger partial charge >= 0.3 is 6.09 Å². The monoisotopic (exact) mass is 395 g/mol. The lowest BCUT2D eigenvalue weighted by Gasteiger charge is -2.32. The number of pyridine rings is 1. The number of carbonyl (C=O) groups is 1. The van der Waals surface area contributed by atoms with Crippen molar-refractivity contribution in [2.24, 2.45) is 4.99 Å². The number of hydrogen-bond donors (Lipinski definition) is 2. The van der Waals surface area contributed by atoms with Gasteiger partial charge in [0.05, 0.1) is 19.3 Å². The van der Waals surface area contributed by atoms with Gasteiger partial charge in [-0.1, -0.05) is 24.3 Å². The Balaban J connectivity index is 1.61. The molecule has 154 valence electrons. The van der Waals surface area contributed by atoms with E-state index in [0.717, 1.165) is 42.2 Å². The molecule has 1 amide bonds. The highest BCUT2D eigenvalue weighted by Crippen LogP contribution is 2.18. The molecule has 0 spiro atoms. The molecule has 7 nitrogen and oxygen atoms in total. The number of aliphatic imine (C=N–C) groups is 1. The van der Waals surface area contributed by atoms with Gasteiger partial charge in [0, 0.05) is 37.4 Å². The third-order valence-corrected chi connectivity index (χ3v) is 4.92. The molecule has 0 bridgehead atoms. The Morgan fingerprint density at radius 3 is 2.76 bits per heavy atom. The normalized spacial score (nSPS) is 15.1. The van der Waals surface area contributed by atoms with Gasteiger partial charge in [-0.15, -0.1) is 0 Å². The predicted molar refractivity (Wildman–Crippen MR) is 115 cm³/mol. The van der Waals surface area contributed by atoms with E-state index in [1.54, 1.807) is 11.1 Å². The molecule has 1 aliphatic heterocycles. The van der Waals surface area contributed by atoms with E-state index in [9.17, 15) is 4.79 Å². The molecule has 0 radical (unpaired) electrons. The smallest absolute Gasteiger partial charge is 0.409 e. The molecule has 1 fully saturated rings. The fourth-order valence-corrected chi connectivity index (χ4v) is 3.38. The lowest BCUT2D eigenvalue weighted by Crippen LogP contribution is -2.49. The highest BCUT2D eigenvalue weighted by Gasteiger charge is 2.23. The van der Waals surface area contributed by atoms with E-state index in [-0.39, 0.29) is 12.1 Å². The molecule has 3 rings (SSSR count). The van der Waals surface area contributed by atoms with Crippen LogP contribution in [0, 0.1) is 0 Å². The van der Waals surface area contributed by atoms with Crippen molar-refractivity contribution in [1.29, 1.82) is 0 Å². The third kappa shape index (κ3) is 5.94. The minimum atomic E-state index is -0.253. The van der Waals surface area contributed by atoms with Crippen molar-refractivity contribution in [3.05, 3.63) is 54.2 Å². The second-order valence-corrected chi connectivity index (χ2v) is 6.99. The van der Waals surface area contributed by atoms with Crippen LogP contribution in [0.1, 0.15) is 25.3 Å². The Kier molecular flexibility index (Phi) is 7.44. The zero-order chi connectivity index (χ0) is 20.5. The van der Waals surface area contributed by atoms with Crippen molar-refractivity contribution in [1.82, 2.24) is 20.5 Å². The molecule has 0 atom stereocenters. The summed E-state index contributed by atoms with van der Waals surface area (Å²) in [7, 11) is 1.42. The first-order chi connectivity index (χ1) is 14.2. The molecule has 1 aliphatic rings. The van der Waals surface area contributed by atoms with Crippen LogP contribution >= 0.6 is 0 Å². The van der Waals surface area contributed by atoms with Gasteiger partial charge in [-0.2, -0.15) is 0 Å².